The lowest BCUT2D eigenvalue weighted by Gasteiger charge is -2.23. The molecule has 8 N–H and O–H groups in total. The van der Waals surface area contributed by atoms with Gasteiger partial charge >= 0.3 is 0 Å². The van der Waals surface area contributed by atoms with Gasteiger partial charge in [0.15, 0.2) is 0 Å². The van der Waals surface area contributed by atoms with E-state index in [1.165, 1.54) is 6.92 Å². The molecule has 0 heterocycles. The molecule has 0 aliphatic rings. The molecule has 0 aromatic rings. The summed E-state index contributed by atoms with van der Waals surface area (Å²) in [7, 11) is 0. The molecule has 0 aliphatic carbocycles. The Kier molecular flexibility index (Phi) is 16.0. The summed E-state index contributed by atoms with van der Waals surface area (Å²) >= 11 is 0. The largest absolute Gasteiger partial charge is 0.355 e. The Balaban J connectivity index is 3.72. The van der Waals surface area contributed by atoms with Gasteiger partial charge in [0.25, 0.3) is 0 Å². The maximum Gasteiger partial charge on any atom is 0.216 e. The molecule has 0 radical (unpaired) electrons. The first-order valence-corrected chi connectivity index (χ1v) is 8.19. The first-order chi connectivity index (χ1) is 10.7. The summed E-state index contributed by atoms with van der Waals surface area (Å²) in [6, 6.07) is 0. The van der Waals surface area contributed by atoms with Gasteiger partial charge in [0.05, 0.1) is 0 Å². The molecule has 0 unspecified atom stereocenters. The third-order valence-corrected chi connectivity index (χ3v) is 3.13. The molecular weight excluding hydrogens is 282 g/mol. The van der Waals surface area contributed by atoms with Crippen LogP contribution in [0.25, 0.3) is 0 Å². The fourth-order valence-electron chi connectivity index (χ4n) is 1.95. The van der Waals surface area contributed by atoms with Gasteiger partial charge in [-0.05, 0) is 0 Å². The van der Waals surface area contributed by atoms with Crippen molar-refractivity contribution in [1.29, 1.82) is 0 Å². The highest BCUT2D eigenvalue weighted by molar-refractivity contribution is 5.72. The highest BCUT2D eigenvalue weighted by Gasteiger charge is 2.03. The van der Waals surface area contributed by atoms with Crippen LogP contribution < -0.4 is 32.7 Å². The number of amides is 1. The summed E-state index contributed by atoms with van der Waals surface area (Å²) in [5, 5.41) is 12.7. The SMILES string of the molecule is CC(=O)NCCNCCN(CCNCCN)CCNCCN. The highest BCUT2D eigenvalue weighted by atomic mass is 16.1. The second-order valence-electron chi connectivity index (χ2n) is 5.15. The van der Waals surface area contributed by atoms with E-state index < -0.39 is 0 Å². The molecular formula is C14H35N7O. The molecule has 0 spiro atoms. The molecule has 0 bridgehead atoms. The van der Waals surface area contributed by atoms with Crippen LogP contribution in [0, 0.1) is 0 Å². The molecule has 0 saturated carbocycles. The number of carbonyl (C=O) groups excluding carboxylic acids is 1. The minimum atomic E-state index is 0.0142. The van der Waals surface area contributed by atoms with Gasteiger partial charge in [-0.3, -0.25) is 9.69 Å². The van der Waals surface area contributed by atoms with Crippen LogP contribution >= 0.6 is 0 Å². The fourth-order valence-corrected chi connectivity index (χ4v) is 1.95. The van der Waals surface area contributed by atoms with Crippen molar-refractivity contribution in [3.8, 4) is 0 Å². The summed E-state index contributed by atoms with van der Waals surface area (Å²) < 4.78 is 0. The lowest BCUT2D eigenvalue weighted by Crippen LogP contribution is -2.42. The number of hydrogen-bond acceptors (Lipinski definition) is 7. The average molecular weight is 317 g/mol. The third kappa shape index (κ3) is 15.6. The van der Waals surface area contributed by atoms with Gasteiger partial charge in [0, 0.05) is 85.5 Å². The topological polar surface area (TPSA) is 120 Å². The molecule has 0 rings (SSSR count). The van der Waals surface area contributed by atoms with Crippen molar-refractivity contribution in [2.75, 3.05) is 78.5 Å². The highest BCUT2D eigenvalue weighted by Crippen LogP contribution is 1.85. The number of nitrogens with one attached hydrogen (secondary N) is 4. The number of nitrogens with two attached hydrogens (primary N) is 2. The van der Waals surface area contributed by atoms with Gasteiger partial charge in [-0.2, -0.15) is 0 Å². The molecule has 22 heavy (non-hydrogen) atoms. The third-order valence-electron chi connectivity index (χ3n) is 3.13. The van der Waals surface area contributed by atoms with Crippen molar-refractivity contribution in [3.05, 3.63) is 0 Å². The molecule has 132 valence electrons. The summed E-state index contributed by atoms with van der Waals surface area (Å²) in [6.07, 6.45) is 0. The molecule has 0 atom stereocenters. The Hall–Kier alpha value is -0.770. The van der Waals surface area contributed by atoms with Crippen molar-refractivity contribution < 1.29 is 4.79 Å². The summed E-state index contributed by atoms with van der Waals surface area (Å²) in [5.74, 6) is 0.0142. The zero-order valence-electron chi connectivity index (χ0n) is 14.0. The minimum Gasteiger partial charge on any atom is -0.355 e. The number of hydrogen-bond donors (Lipinski definition) is 6. The van der Waals surface area contributed by atoms with Crippen LogP contribution in [0.1, 0.15) is 6.92 Å². The van der Waals surface area contributed by atoms with Crippen molar-refractivity contribution in [3.63, 3.8) is 0 Å². The van der Waals surface area contributed by atoms with E-state index in [-0.39, 0.29) is 5.91 Å². The first kappa shape index (κ1) is 21.2. The molecule has 0 aliphatic heterocycles. The van der Waals surface area contributed by atoms with Crippen LogP contribution in [-0.4, -0.2) is 89.3 Å². The fraction of sp³-hybridized carbons (Fsp3) is 0.929. The Morgan fingerprint density at radius 2 is 1.23 bits per heavy atom. The maximum absolute atomic E-state index is 10.7. The monoisotopic (exact) mass is 317 g/mol. The van der Waals surface area contributed by atoms with Crippen LogP contribution in [0.3, 0.4) is 0 Å². The van der Waals surface area contributed by atoms with Crippen molar-refractivity contribution in [1.82, 2.24) is 26.2 Å². The van der Waals surface area contributed by atoms with E-state index in [0.717, 1.165) is 58.9 Å². The van der Waals surface area contributed by atoms with Gasteiger partial charge < -0.3 is 32.7 Å². The number of nitrogens with zero attached hydrogens (tertiary/aromatic N) is 1. The molecule has 0 fully saturated rings. The van der Waals surface area contributed by atoms with E-state index in [0.29, 0.717) is 19.6 Å². The van der Waals surface area contributed by atoms with E-state index in [4.69, 9.17) is 11.5 Å². The molecule has 0 saturated heterocycles. The van der Waals surface area contributed by atoms with E-state index >= 15 is 0 Å². The molecule has 0 aromatic heterocycles. The summed E-state index contributed by atoms with van der Waals surface area (Å²) in [5.41, 5.74) is 10.9. The molecule has 0 aromatic carbocycles. The van der Waals surface area contributed by atoms with Crippen molar-refractivity contribution >= 4 is 5.91 Å². The van der Waals surface area contributed by atoms with E-state index in [1.807, 2.05) is 0 Å². The van der Waals surface area contributed by atoms with Crippen LogP contribution in [0.15, 0.2) is 0 Å². The minimum absolute atomic E-state index is 0.0142. The van der Waals surface area contributed by atoms with Crippen LogP contribution in [0.2, 0.25) is 0 Å². The van der Waals surface area contributed by atoms with Gasteiger partial charge in [0.2, 0.25) is 5.91 Å². The van der Waals surface area contributed by atoms with E-state index in [2.05, 4.69) is 26.2 Å². The summed E-state index contributed by atoms with van der Waals surface area (Å²) in [4.78, 5) is 13.2. The van der Waals surface area contributed by atoms with Crippen molar-refractivity contribution in [2.45, 2.75) is 6.92 Å². The predicted molar refractivity (Wildman–Crippen MR) is 91.8 cm³/mol. The molecule has 8 heteroatoms. The van der Waals surface area contributed by atoms with E-state index in [1.54, 1.807) is 0 Å². The molecule has 1 amide bonds. The number of carbonyl (C=O) groups is 1. The Labute approximate surface area is 134 Å². The van der Waals surface area contributed by atoms with Gasteiger partial charge in [0.1, 0.15) is 0 Å². The lowest BCUT2D eigenvalue weighted by atomic mass is 10.4. The van der Waals surface area contributed by atoms with Gasteiger partial charge in [-0.25, -0.2) is 0 Å². The predicted octanol–water partition coefficient (Wildman–Crippen LogP) is -2.89. The van der Waals surface area contributed by atoms with Gasteiger partial charge in [-0.15, -0.1) is 0 Å². The average Bonchev–Trinajstić information content (AvgIpc) is 2.50. The van der Waals surface area contributed by atoms with Crippen LogP contribution in [0.4, 0.5) is 0 Å². The second kappa shape index (κ2) is 16.6. The smallest absolute Gasteiger partial charge is 0.216 e. The Bertz CT molecular complexity index is 241. The van der Waals surface area contributed by atoms with Crippen molar-refractivity contribution in [2.24, 2.45) is 11.5 Å². The van der Waals surface area contributed by atoms with Crippen LogP contribution in [0.5, 0.6) is 0 Å². The second-order valence-corrected chi connectivity index (χ2v) is 5.15. The standard InChI is InChI=1S/C14H35N7O/c1-14(22)20-7-6-19-10-13-21(11-8-17-4-2-15)12-9-18-5-3-16/h17-19H,2-13,15-16H2,1H3,(H,20,22). The normalized spacial score (nSPS) is 11.1. The lowest BCUT2D eigenvalue weighted by molar-refractivity contribution is -0.118. The van der Waals surface area contributed by atoms with Crippen LogP contribution in [-0.2, 0) is 4.79 Å². The quantitative estimate of drug-likeness (QED) is 0.169. The zero-order valence-corrected chi connectivity index (χ0v) is 14.0. The Morgan fingerprint density at radius 1 is 0.773 bits per heavy atom. The maximum atomic E-state index is 10.7. The zero-order chi connectivity index (χ0) is 16.5. The molecule has 8 nitrogen and oxygen atoms in total. The van der Waals surface area contributed by atoms with Gasteiger partial charge in [-0.1, -0.05) is 0 Å². The Morgan fingerprint density at radius 3 is 1.64 bits per heavy atom. The first-order valence-electron chi connectivity index (χ1n) is 8.19. The number of rotatable bonds is 16. The van der Waals surface area contributed by atoms with E-state index in [9.17, 15) is 4.79 Å². The summed E-state index contributed by atoms with van der Waals surface area (Å²) in [6.45, 7) is 11.8.